The van der Waals surface area contributed by atoms with E-state index in [9.17, 15) is 4.39 Å². The van der Waals surface area contributed by atoms with Gasteiger partial charge in [-0.25, -0.2) is 4.39 Å². The summed E-state index contributed by atoms with van der Waals surface area (Å²) in [6.07, 6.45) is 2.28. The molecule has 3 N–H and O–H groups in total. The van der Waals surface area contributed by atoms with E-state index in [1.54, 1.807) is 6.07 Å². The van der Waals surface area contributed by atoms with Crippen LogP contribution in [0.1, 0.15) is 33.6 Å². The maximum Gasteiger partial charge on any atom is 0.125 e. The molecular weight excluding hydrogens is 203 g/mol. The van der Waals surface area contributed by atoms with Crippen molar-refractivity contribution in [3.8, 4) is 0 Å². The molecule has 0 unspecified atom stereocenters. The van der Waals surface area contributed by atoms with E-state index in [-0.39, 0.29) is 11.2 Å². The second-order valence-electron chi connectivity index (χ2n) is 5.00. The lowest BCUT2D eigenvalue weighted by Crippen LogP contribution is -2.23. The molecule has 0 bridgehead atoms. The highest BCUT2D eigenvalue weighted by Crippen LogP contribution is 2.25. The van der Waals surface area contributed by atoms with Crippen molar-refractivity contribution in [1.82, 2.24) is 0 Å². The van der Waals surface area contributed by atoms with Crippen LogP contribution in [0.5, 0.6) is 0 Å². The normalized spacial score (nSPS) is 11.5. The van der Waals surface area contributed by atoms with Crippen LogP contribution in [-0.2, 0) is 0 Å². The van der Waals surface area contributed by atoms with Crippen LogP contribution in [0.3, 0.4) is 0 Å². The molecule has 2 nitrogen and oxygen atoms in total. The largest absolute Gasteiger partial charge is 0.397 e. The standard InChI is InChI=1S/C13H21FN2/c1-4-7-13(2,3)9-16-12-8-10(14)5-6-11(12)15/h5-6,8,16H,4,7,9,15H2,1-3H3. The van der Waals surface area contributed by atoms with Crippen molar-refractivity contribution < 1.29 is 4.39 Å². The van der Waals surface area contributed by atoms with Gasteiger partial charge < -0.3 is 11.1 Å². The Morgan fingerprint density at radius 1 is 1.38 bits per heavy atom. The third-order valence-corrected chi connectivity index (χ3v) is 2.70. The van der Waals surface area contributed by atoms with Crippen LogP contribution in [-0.4, -0.2) is 6.54 Å². The Kier molecular flexibility index (Phi) is 4.16. The highest BCUT2D eigenvalue weighted by Gasteiger charge is 2.16. The molecule has 1 aromatic rings. The number of nitrogens with two attached hydrogens (primary N) is 1. The van der Waals surface area contributed by atoms with Gasteiger partial charge in [0.25, 0.3) is 0 Å². The van der Waals surface area contributed by atoms with E-state index in [0.29, 0.717) is 11.4 Å². The lowest BCUT2D eigenvalue weighted by atomic mass is 9.88. The number of halogens is 1. The number of hydrogen-bond donors (Lipinski definition) is 2. The summed E-state index contributed by atoms with van der Waals surface area (Å²) in [5, 5.41) is 3.21. The van der Waals surface area contributed by atoms with Crippen LogP contribution in [0.25, 0.3) is 0 Å². The molecule has 0 saturated carbocycles. The van der Waals surface area contributed by atoms with Crippen LogP contribution in [0.15, 0.2) is 18.2 Å². The molecule has 0 spiro atoms. The summed E-state index contributed by atoms with van der Waals surface area (Å²) >= 11 is 0. The van der Waals surface area contributed by atoms with Gasteiger partial charge in [-0.1, -0.05) is 27.2 Å². The first kappa shape index (κ1) is 12.8. The summed E-state index contributed by atoms with van der Waals surface area (Å²) in [6.45, 7) is 7.35. The Labute approximate surface area is 97.0 Å². The Balaban J connectivity index is 2.63. The number of benzene rings is 1. The molecule has 0 saturated heterocycles. The number of rotatable bonds is 5. The SMILES string of the molecule is CCCC(C)(C)CNc1cc(F)ccc1N. The van der Waals surface area contributed by atoms with Crippen molar-refractivity contribution >= 4 is 11.4 Å². The van der Waals surface area contributed by atoms with Gasteiger partial charge in [0.05, 0.1) is 11.4 Å². The fourth-order valence-electron chi connectivity index (χ4n) is 1.78. The van der Waals surface area contributed by atoms with E-state index in [1.807, 2.05) is 0 Å². The fraction of sp³-hybridized carbons (Fsp3) is 0.538. The van der Waals surface area contributed by atoms with Crippen molar-refractivity contribution in [3.63, 3.8) is 0 Å². The van der Waals surface area contributed by atoms with Crippen LogP contribution in [0.4, 0.5) is 15.8 Å². The first-order chi connectivity index (χ1) is 7.44. The van der Waals surface area contributed by atoms with Crippen LogP contribution in [0.2, 0.25) is 0 Å². The fourth-order valence-corrected chi connectivity index (χ4v) is 1.78. The zero-order chi connectivity index (χ0) is 12.2. The summed E-state index contributed by atoms with van der Waals surface area (Å²) in [5.74, 6) is -0.259. The predicted molar refractivity (Wildman–Crippen MR) is 68.0 cm³/mol. The molecule has 0 radical (unpaired) electrons. The zero-order valence-electron chi connectivity index (χ0n) is 10.3. The minimum absolute atomic E-state index is 0.202. The minimum Gasteiger partial charge on any atom is -0.397 e. The molecule has 90 valence electrons. The minimum atomic E-state index is -0.259. The van der Waals surface area contributed by atoms with E-state index < -0.39 is 0 Å². The highest BCUT2D eigenvalue weighted by molar-refractivity contribution is 5.65. The summed E-state index contributed by atoms with van der Waals surface area (Å²) in [6, 6.07) is 4.40. The summed E-state index contributed by atoms with van der Waals surface area (Å²) in [4.78, 5) is 0. The summed E-state index contributed by atoms with van der Waals surface area (Å²) in [7, 11) is 0. The monoisotopic (exact) mass is 224 g/mol. The molecule has 1 rings (SSSR count). The average Bonchev–Trinajstić information content (AvgIpc) is 2.19. The zero-order valence-corrected chi connectivity index (χ0v) is 10.3. The Morgan fingerprint density at radius 3 is 2.69 bits per heavy atom. The maximum absolute atomic E-state index is 13.0. The lowest BCUT2D eigenvalue weighted by molar-refractivity contribution is 0.354. The number of hydrogen-bond acceptors (Lipinski definition) is 2. The van der Waals surface area contributed by atoms with E-state index in [4.69, 9.17) is 5.73 Å². The van der Waals surface area contributed by atoms with E-state index in [1.165, 1.54) is 12.1 Å². The topological polar surface area (TPSA) is 38.0 Å². The van der Waals surface area contributed by atoms with Gasteiger partial charge in [-0.05, 0) is 30.0 Å². The Hall–Kier alpha value is -1.25. The van der Waals surface area contributed by atoms with Gasteiger partial charge in [-0.3, -0.25) is 0 Å². The van der Waals surface area contributed by atoms with Crippen molar-refractivity contribution in [3.05, 3.63) is 24.0 Å². The van der Waals surface area contributed by atoms with Gasteiger partial charge in [0.1, 0.15) is 5.82 Å². The van der Waals surface area contributed by atoms with Crippen LogP contribution >= 0.6 is 0 Å². The quantitative estimate of drug-likeness (QED) is 0.749. The van der Waals surface area contributed by atoms with Crippen molar-refractivity contribution in [2.45, 2.75) is 33.6 Å². The summed E-state index contributed by atoms with van der Waals surface area (Å²) in [5.41, 5.74) is 7.24. The second kappa shape index (κ2) is 5.19. The van der Waals surface area contributed by atoms with Crippen molar-refractivity contribution in [1.29, 1.82) is 0 Å². The molecule has 0 aromatic heterocycles. The first-order valence-corrected chi connectivity index (χ1v) is 5.73. The second-order valence-corrected chi connectivity index (χ2v) is 5.00. The van der Waals surface area contributed by atoms with Crippen molar-refractivity contribution in [2.75, 3.05) is 17.6 Å². The van der Waals surface area contributed by atoms with E-state index >= 15 is 0 Å². The Morgan fingerprint density at radius 2 is 2.06 bits per heavy atom. The molecule has 1 aromatic carbocycles. The van der Waals surface area contributed by atoms with Gasteiger partial charge in [0.15, 0.2) is 0 Å². The Bertz CT molecular complexity index is 348. The average molecular weight is 224 g/mol. The van der Waals surface area contributed by atoms with Gasteiger partial charge in [-0.15, -0.1) is 0 Å². The molecular formula is C13H21FN2. The number of nitrogen functional groups attached to an aromatic ring is 1. The van der Waals surface area contributed by atoms with Gasteiger partial charge in [0, 0.05) is 6.54 Å². The van der Waals surface area contributed by atoms with Gasteiger partial charge >= 0.3 is 0 Å². The number of anilines is 2. The molecule has 0 heterocycles. The van der Waals surface area contributed by atoms with Crippen molar-refractivity contribution in [2.24, 2.45) is 5.41 Å². The first-order valence-electron chi connectivity index (χ1n) is 5.73. The maximum atomic E-state index is 13.0. The lowest BCUT2D eigenvalue weighted by Gasteiger charge is -2.25. The van der Waals surface area contributed by atoms with Gasteiger partial charge in [0.2, 0.25) is 0 Å². The van der Waals surface area contributed by atoms with E-state index in [0.717, 1.165) is 19.4 Å². The summed E-state index contributed by atoms with van der Waals surface area (Å²) < 4.78 is 13.0. The number of nitrogens with one attached hydrogen (secondary N) is 1. The molecule has 16 heavy (non-hydrogen) atoms. The predicted octanol–water partition coefficient (Wildman–Crippen LogP) is 3.65. The third-order valence-electron chi connectivity index (χ3n) is 2.70. The molecule has 3 heteroatoms. The molecule has 0 aliphatic carbocycles. The van der Waals surface area contributed by atoms with E-state index in [2.05, 4.69) is 26.1 Å². The molecule has 0 aliphatic heterocycles. The molecule has 0 amide bonds. The smallest absolute Gasteiger partial charge is 0.125 e. The molecule has 0 aliphatic rings. The third kappa shape index (κ3) is 3.72. The molecule has 0 fully saturated rings. The highest BCUT2D eigenvalue weighted by atomic mass is 19.1. The van der Waals surface area contributed by atoms with Crippen LogP contribution < -0.4 is 11.1 Å². The molecule has 0 atom stereocenters. The van der Waals surface area contributed by atoms with Crippen LogP contribution in [0, 0.1) is 11.2 Å². The van der Waals surface area contributed by atoms with Gasteiger partial charge in [-0.2, -0.15) is 0 Å².